The molecule has 220 valence electrons. The molecule has 1 N–H and O–H groups in total. The molecule has 0 saturated heterocycles. The molecule has 1 aromatic heterocycles. The second-order valence-corrected chi connectivity index (χ2v) is 14.6. The number of fused-ring (bicyclic) bond motifs is 3. The zero-order valence-electron chi connectivity index (χ0n) is 23.5. The summed E-state index contributed by atoms with van der Waals surface area (Å²) in [5.41, 5.74) is -0.790. The number of halogens is 4. The number of aromatic nitrogens is 2. The van der Waals surface area contributed by atoms with Crippen LogP contribution in [0.1, 0.15) is 45.8 Å². The largest absolute Gasteiger partial charge is 0.434 e. The van der Waals surface area contributed by atoms with E-state index in [1.807, 2.05) is 0 Å². The highest BCUT2D eigenvalue weighted by molar-refractivity contribution is 7.61. The van der Waals surface area contributed by atoms with E-state index in [2.05, 4.69) is 0 Å². The lowest BCUT2D eigenvalue weighted by Crippen LogP contribution is -2.49. The van der Waals surface area contributed by atoms with Gasteiger partial charge in [0.25, 0.3) is 0 Å². The number of rotatable bonds is 9. The lowest BCUT2D eigenvalue weighted by molar-refractivity contribution is -0.0507. The Labute approximate surface area is 248 Å². The van der Waals surface area contributed by atoms with Crippen molar-refractivity contribution in [3.63, 3.8) is 0 Å². The quantitative estimate of drug-likeness (QED) is 0.0898. The molecule has 0 spiro atoms. The number of ether oxygens (including phenoxy) is 1. The smallest absolute Gasteiger partial charge is 0.387 e. The second-order valence-electron chi connectivity index (χ2n) is 11.1. The van der Waals surface area contributed by atoms with E-state index >= 15 is 8.78 Å². The van der Waals surface area contributed by atoms with Crippen molar-refractivity contribution in [1.29, 1.82) is 0 Å². The van der Waals surface area contributed by atoms with Gasteiger partial charge in [-0.3, -0.25) is 9.69 Å². The number of nitrogens with zero attached hydrogens (tertiary/aromatic N) is 3. The van der Waals surface area contributed by atoms with Crippen LogP contribution in [0.25, 0.3) is 22.2 Å². The Kier molecular flexibility index (Phi) is 8.13. The predicted molar refractivity (Wildman–Crippen MR) is 156 cm³/mol. The Morgan fingerprint density at radius 2 is 1.84 bits per heavy atom. The van der Waals surface area contributed by atoms with Gasteiger partial charge in [-0.05, 0) is 68.3 Å². The van der Waals surface area contributed by atoms with E-state index in [1.165, 1.54) is 43.5 Å². The van der Waals surface area contributed by atoms with Crippen molar-refractivity contribution in [2.45, 2.75) is 36.8 Å². The van der Waals surface area contributed by atoms with Crippen molar-refractivity contribution in [2.75, 3.05) is 20.4 Å². The highest BCUT2D eigenvalue weighted by atomic mass is 31.2. The average molecular weight is 609 g/mol. The van der Waals surface area contributed by atoms with Gasteiger partial charge in [0.15, 0.2) is 6.29 Å². The fraction of sp³-hybridized carbons (Fsp3) is 0.310. The minimum atomic E-state index is -3.17. The molecule has 1 aliphatic rings. The summed E-state index contributed by atoms with van der Waals surface area (Å²) in [7, 11) is 10.3. The van der Waals surface area contributed by atoms with Crippen LogP contribution in [0.2, 0.25) is 0 Å². The van der Waals surface area contributed by atoms with Crippen LogP contribution in [0.5, 0.6) is 5.75 Å². The molecule has 1 aliphatic heterocycles. The fourth-order valence-electron chi connectivity index (χ4n) is 5.62. The molecule has 2 heterocycles. The van der Waals surface area contributed by atoms with Gasteiger partial charge >= 0.3 is 6.61 Å². The standard InChI is InChI=1S/C29H26B2F4N3O4P/c1-37(29(30,31)40)24-12-23(26-16(13-39)5-4-6-25(26)42-28(34)35)38-22-11-15(7-8-21(22)36-27(24)38)17-9-19(32)18(20(33)10-17)14-43(2,3)41/h4-11,13,23-24,28,40H,12,14H2,1-3H3. The minimum absolute atomic E-state index is 0.0926. The Bertz CT molecular complexity index is 1750. The summed E-state index contributed by atoms with van der Waals surface area (Å²) in [6.07, 6.45) is 0.395. The zero-order chi connectivity index (χ0) is 31.4. The number of benzene rings is 3. The highest BCUT2D eigenvalue weighted by Crippen LogP contribution is 2.48. The first kappa shape index (κ1) is 31.0. The van der Waals surface area contributed by atoms with Crippen LogP contribution in [-0.2, 0) is 10.7 Å². The number of carbonyl (C=O) groups is 1. The maximum atomic E-state index is 15.0. The van der Waals surface area contributed by atoms with Crippen molar-refractivity contribution >= 4 is 40.2 Å². The number of aliphatic hydroxyl groups is 1. The van der Waals surface area contributed by atoms with Crippen LogP contribution >= 0.6 is 7.14 Å². The van der Waals surface area contributed by atoms with Gasteiger partial charge < -0.3 is 19.0 Å². The van der Waals surface area contributed by atoms with Crippen molar-refractivity contribution in [2.24, 2.45) is 0 Å². The monoisotopic (exact) mass is 609 g/mol. The molecule has 3 aromatic carbocycles. The zero-order valence-corrected chi connectivity index (χ0v) is 24.4. The van der Waals surface area contributed by atoms with E-state index in [1.54, 1.807) is 22.8 Å². The lowest BCUT2D eigenvalue weighted by Gasteiger charge is -2.36. The molecule has 0 saturated carbocycles. The molecule has 4 aromatic rings. The summed E-state index contributed by atoms with van der Waals surface area (Å²) >= 11 is 0. The topological polar surface area (TPSA) is 84.7 Å². The van der Waals surface area contributed by atoms with Crippen molar-refractivity contribution in [1.82, 2.24) is 14.5 Å². The van der Waals surface area contributed by atoms with Crippen LogP contribution in [0.4, 0.5) is 17.6 Å². The third-order valence-corrected chi connectivity index (χ3v) is 8.67. The SMILES string of the molecule is [B]C([B])(O)N(C)C1CC(c2c(C=O)cccc2OC(F)F)n2c1nc1ccc(-c3cc(F)c(CP(C)(C)=O)c(F)c3)cc12. The molecule has 2 unspecified atom stereocenters. The Hall–Kier alpha value is -3.40. The maximum absolute atomic E-state index is 15.0. The Balaban J connectivity index is 1.72. The number of aldehydes is 1. The first-order valence-electron chi connectivity index (χ1n) is 13.2. The van der Waals surface area contributed by atoms with Gasteiger partial charge in [-0.1, -0.05) is 18.2 Å². The fourth-order valence-corrected chi connectivity index (χ4v) is 6.69. The lowest BCUT2D eigenvalue weighted by atomic mass is 9.71. The number of imidazole rings is 1. The van der Waals surface area contributed by atoms with Crippen LogP contribution in [0.15, 0.2) is 48.5 Å². The van der Waals surface area contributed by atoms with Gasteiger partial charge in [0.2, 0.25) is 0 Å². The molecule has 0 fully saturated rings. The van der Waals surface area contributed by atoms with Crippen molar-refractivity contribution in [3.05, 3.63) is 82.7 Å². The number of hydrogen-bond acceptors (Lipinski definition) is 6. The van der Waals surface area contributed by atoms with Crippen LogP contribution in [0, 0.1) is 11.6 Å². The normalized spacial score (nSPS) is 17.2. The van der Waals surface area contributed by atoms with Crippen LogP contribution in [0.3, 0.4) is 0 Å². The van der Waals surface area contributed by atoms with Gasteiger partial charge in [-0.2, -0.15) is 8.78 Å². The van der Waals surface area contributed by atoms with Gasteiger partial charge in [0.05, 0.1) is 30.3 Å². The molecule has 43 heavy (non-hydrogen) atoms. The van der Waals surface area contributed by atoms with E-state index in [9.17, 15) is 23.2 Å². The molecule has 0 aliphatic carbocycles. The summed E-state index contributed by atoms with van der Waals surface area (Å²) in [5, 5.41) is 10.4. The third-order valence-electron chi connectivity index (χ3n) is 7.59. The summed E-state index contributed by atoms with van der Waals surface area (Å²) in [5.74, 6) is -1.55. The Morgan fingerprint density at radius 1 is 1.16 bits per heavy atom. The number of carbonyl (C=O) groups excluding carboxylic acids is 1. The molecule has 4 radical (unpaired) electrons. The molecule has 14 heteroatoms. The highest BCUT2D eigenvalue weighted by Gasteiger charge is 2.42. The van der Waals surface area contributed by atoms with E-state index in [-0.39, 0.29) is 40.6 Å². The van der Waals surface area contributed by atoms with Gasteiger partial charge in [-0.15, -0.1) is 0 Å². The molecule has 0 bridgehead atoms. The predicted octanol–water partition coefficient (Wildman–Crippen LogP) is 5.42. The number of alkyl halides is 2. The first-order valence-corrected chi connectivity index (χ1v) is 16.0. The van der Waals surface area contributed by atoms with Crippen molar-refractivity contribution in [3.8, 4) is 16.9 Å². The van der Waals surface area contributed by atoms with E-state index in [0.717, 1.165) is 12.1 Å². The molecule has 0 amide bonds. The van der Waals surface area contributed by atoms with Crippen molar-refractivity contribution < 1.29 is 36.8 Å². The first-order chi connectivity index (χ1) is 20.1. The molecule has 2 atom stereocenters. The summed E-state index contributed by atoms with van der Waals surface area (Å²) in [6.45, 7) is -0.274. The van der Waals surface area contributed by atoms with Gasteiger partial charge in [-0.25, -0.2) is 13.8 Å². The minimum Gasteiger partial charge on any atom is -0.434 e. The number of hydrogen-bond donors (Lipinski definition) is 1. The second kappa shape index (κ2) is 11.3. The van der Waals surface area contributed by atoms with Crippen LogP contribution < -0.4 is 4.74 Å². The van der Waals surface area contributed by atoms with E-state index in [4.69, 9.17) is 25.4 Å². The molecule has 5 rings (SSSR count). The summed E-state index contributed by atoms with van der Waals surface area (Å²) < 4.78 is 75.6. The van der Waals surface area contributed by atoms with Crippen LogP contribution in [-0.4, -0.2) is 74.0 Å². The average Bonchev–Trinajstić information content (AvgIpc) is 3.45. The van der Waals surface area contributed by atoms with E-state index in [0.29, 0.717) is 28.7 Å². The molecule has 7 nitrogen and oxygen atoms in total. The molecular formula is C29H26B2F4N3O4P. The van der Waals surface area contributed by atoms with E-state index < -0.39 is 43.0 Å². The third kappa shape index (κ3) is 6.03. The summed E-state index contributed by atoms with van der Waals surface area (Å²) in [6, 6.07) is 9.81. The maximum Gasteiger partial charge on any atom is 0.387 e. The Morgan fingerprint density at radius 3 is 2.42 bits per heavy atom. The van der Waals surface area contributed by atoms with Gasteiger partial charge in [0, 0.05) is 28.4 Å². The van der Waals surface area contributed by atoms with Gasteiger partial charge in [0.1, 0.15) is 38.9 Å². The summed E-state index contributed by atoms with van der Waals surface area (Å²) in [4.78, 5) is 18.0. The molecular weight excluding hydrogens is 583 g/mol.